The van der Waals surface area contributed by atoms with Gasteiger partial charge in [0.15, 0.2) is 4.34 Å². The first-order chi connectivity index (χ1) is 15.0. The molecule has 2 aromatic carbocycles. The number of nitrogens with one attached hydrogen (secondary N) is 1. The lowest BCUT2D eigenvalue weighted by atomic mass is 10.1. The van der Waals surface area contributed by atoms with Crippen LogP contribution in [-0.4, -0.2) is 27.8 Å². The van der Waals surface area contributed by atoms with Crippen molar-refractivity contribution in [1.29, 1.82) is 0 Å². The molecule has 4 rings (SSSR count). The zero-order valence-corrected chi connectivity index (χ0v) is 17.9. The number of fused-ring (bicyclic) bond motifs is 1. The number of thioether (sulfide) groups is 1. The number of carbonyl (C=O) groups is 1. The summed E-state index contributed by atoms with van der Waals surface area (Å²) in [6.45, 7) is 1.79. The zero-order valence-electron chi connectivity index (χ0n) is 16.3. The number of furan rings is 1. The smallest absolute Gasteiger partial charge is 0.280 e. The lowest BCUT2D eigenvalue weighted by Crippen LogP contribution is -2.19. The molecule has 156 valence electrons. The van der Waals surface area contributed by atoms with Gasteiger partial charge >= 0.3 is 0 Å². The summed E-state index contributed by atoms with van der Waals surface area (Å²) >= 11 is 2.88. The molecule has 0 radical (unpaired) electrons. The molecular weight excluding hydrogens is 436 g/mol. The molecule has 0 aliphatic heterocycles. The van der Waals surface area contributed by atoms with E-state index in [0.717, 1.165) is 20.1 Å². The Kier molecular flexibility index (Phi) is 6.10. The summed E-state index contributed by atoms with van der Waals surface area (Å²) in [6.07, 6.45) is 1.35. The molecule has 1 N–H and O–H groups in total. The van der Waals surface area contributed by atoms with Crippen LogP contribution in [0.2, 0.25) is 0 Å². The average Bonchev–Trinajstić information content (AvgIpc) is 3.39. The number of aromatic nitrogens is 1. The lowest BCUT2D eigenvalue weighted by molar-refractivity contribution is -0.384. The fourth-order valence-electron chi connectivity index (χ4n) is 2.81. The predicted octanol–water partition coefficient (Wildman–Crippen LogP) is 5.02. The zero-order chi connectivity index (χ0) is 21.8. The number of benzene rings is 2. The Balaban J connectivity index is 1.35. The Morgan fingerprint density at radius 1 is 1.29 bits per heavy atom. The van der Waals surface area contributed by atoms with Gasteiger partial charge in [0.2, 0.25) is 0 Å². The van der Waals surface area contributed by atoms with Gasteiger partial charge in [0.05, 0.1) is 32.7 Å². The fraction of sp³-hybridized carbons (Fsp3) is 0.0952. The molecule has 0 fully saturated rings. The van der Waals surface area contributed by atoms with Crippen LogP contribution < -0.4 is 5.43 Å². The van der Waals surface area contributed by atoms with Crippen LogP contribution in [0.5, 0.6) is 0 Å². The summed E-state index contributed by atoms with van der Waals surface area (Å²) in [5, 5.41) is 15.2. The van der Waals surface area contributed by atoms with Crippen LogP contribution in [-0.2, 0) is 4.79 Å². The van der Waals surface area contributed by atoms with E-state index in [1.54, 1.807) is 31.2 Å². The number of aryl methyl sites for hydroxylation is 1. The van der Waals surface area contributed by atoms with Crippen molar-refractivity contribution in [3.8, 4) is 11.3 Å². The SMILES string of the molecule is Cc1ccc(-c2ccc(C=NNC(=O)CSc3nc4ccccc4s3)o2)c([N+](=O)[O-])c1. The number of nitro groups is 1. The first kappa shape index (κ1) is 20.8. The molecule has 0 saturated carbocycles. The van der Waals surface area contributed by atoms with Gasteiger partial charge < -0.3 is 4.42 Å². The van der Waals surface area contributed by atoms with Gasteiger partial charge in [0.25, 0.3) is 11.6 Å². The van der Waals surface area contributed by atoms with Crippen molar-refractivity contribution < 1.29 is 14.1 Å². The van der Waals surface area contributed by atoms with E-state index in [-0.39, 0.29) is 17.3 Å². The Morgan fingerprint density at radius 3 is 2.94 bits per heavy atom. The fourth-order valence-corrected chi connectivity index (χ4v) is 4.67. The molecule has 1 amide bonds. The highest BCUT2D eigenvalue weighted by Crippen LogP contribution is 2.32. The number of thiazole rings is 1. The third-order valence-corrected chi connectivity index (χ3v) is 6.40. The van der Waals surface area contributed by atoms with Crippen LogP contribution in [0.4, 0.5) is 5.69 Å². The van der Waals surface area contributed by atoms with Crippen molar-refractivity contribution in [3.05, 3.63) is 76.0 Å². The van der Waals surface area contributed by atoms with Gasteiger partial charge in [-0.25, -0.2) is 10.4 Å². The Morgan fingerprint density at radius 2 is 2.13 bits per heavy atom. The molecule has 0 aliphatic carbocycles. The first-order valence-corrected chi connectivity index (χ1v) is 11.0. The van der Waals surface area contributed by atoms with Crippen LogP contribution in [0.25, 0.3) is 21.5 Å². The molecule has 0 saturated heterocycles. The maximum absolute atomic E-state index is 12.0. The van der Waals surface area contributed by atoms with Gasteiger partial charge in [-0.05, 0) is 42.8 Å². The van der Waals surface area contributed by atoms with Crippen molar-refractivity contribution in [3.63, 3.8) is 0 Å². The molecule has 2 aromatic heterocycles. The maximum atomic E-state index is 12.0. The molecule has 8 nitrogen and oxygen atoms in total. The summed E-state index contributed by atoms with van der Waals surface area (Å²) in [6, 6.07) is 16.0. The molecule has 4 aromatic rings. The summed E-state index contributed by atoms with van der Waals surface area (Å²) in [7, 11) is 0. The molecule has 0 spiro atoms. The summed E-state index contributed by atoms with van der Waals surface area (Å²) in [5.41, 5.74) is 4.49. The van der Waals surface area contributed by atoms with E-state index in [1.807, 2.05) is 24.3 Å². The van der Waals surface area contributed by atoms with E-state index in [2.05, 4.69) is 15.5 Å². The quantitative estimate of drug-likeness (QED) is 0.182. The normalized spacial score (nSPS) is 11.3. The number of hydrogen-bond acceptors (Lipinski definition) is 8. The van der Waals surface area contributed by atoms with Crippen molar-refractivity contribution >= 4 is 51.1 Å². The van der Waals surface area contributed by atoms with Crippen molar-refractivity contribution in [2.45, 2.75) is 11.3 Å². The maximum Gasteiger partial charge on any atom is 0.280 e. The molecule has 0 atom stereocenters. The average molecular weight is 453 g/mol. The largest absolute Gasteiger partial charge is 0.455 e. The second-order valence-electron chi connectivity index (χ2n) is 6.51. The number of rotatable bonds is 7. The number of hydrazone groups is 1. The van der Waals surface area contributed by atoms with Crippen LogP contribution >= 0.6 is 23.1 Å². The number of amides is 1. The molecule has 31 heavy (non-hydrogen) atoms. The van der Waals surface area contributed by atoms with Crippen molar-refractivity contribution in [2.75, 3.05) is 5.75 Å². The van der Waals surface area contributed by atoms with Gasteiger partial charge in [0.1, 0.15) is 11.5 Å². The molecular formula is C21H16N4O4S2. The second-order valence-corrected chi connectivity index (χ2v) is 8.76. The number of carbonyl (C=O) groups excluding carboxylic acids is 1. The molecule has 0 bridgehead atoms. The number of hydrogen-bond donors (Lipinski definition) is 1. The molecule has 10 heteroatoms. The highest BCUT2D eigenvalue weighted by atomic mass is 32.2. The minimum atomic E-state index is -0.443. The van der Waals surface area contributed by atoms with Gasteiger partial charge in [0, 0.05) is 6.07 Å². The highest BCUT2D eigenvalue weighted by Gasteiger charge is 2.18. The Labute approximate surface area is 185 Å². The summed E-state index contributed by atoms with van der Waals surface area (Å²) < 4.78 is 7.52. The van der Waals surface area contributed by atoms with Gasteiger partial charge in [-0.2, -0.15) is 5.10 Å². The molecule has 0 unspecified atom stereocenters. The van der Waals surface area contributed by atoms with Crippen LogP contribution in [0, 0.1) is 17.0 Å². The van der Waals surface area contributed by atoms with Gasteiger partial charge in [-0.1, -0.05) is 30.0 Å². The van der Waals surface area contributed by atoms with Crippen LogP contribution in [0.1, 0.15) is 11.3 Å². The van der Waals surface area contributed by atoms with E-state index < -0.39 is 4.92 Å². The van der Waals surface area contributed by atoms with Crippen LogP contribution in [0.3, 0.4) is 0 Å². The Hall–Kier alpha value is -3.50. The number of nitro benzene ring substituents is 1. The van der Waals surface area contributed by atoms with E-state index >= 15 is 0 Å². The molecule has 2 heterocycles. The number of para-hydroxylation sites is 1. The van der Waals surface area contributed by atoms with E-state index in [0.29, 0.717) is 17.1 Å². The molecule has 0 aliphatic rings. The minimum absolute atomic E-state index is 0.0296. The number of nitrogens with zero attached hydrogens (tertiary/aromatic N) is 3. The summed E-state index contributed by atoms with van der Waals surface area (Å²) in [4.78, 5) is 27.4. The Bertz CT molecular complexity index is 1260. The highest BCUT2D eigenvalue weighted by molar-refractivity contribution is 8.01. The standard InChI is InChI=1S/C21H16N4O4S2/c1-13-6-8-15(17(10-13)25(27)28)18-9-7-14(29-18)11-22-24-20(26)12-30-21-23-16-4-2-3-5-19(16)31-21/h2-11H,12H2,1H3,(H,24,26). The van der Waals surface area contributed by atoms with Crippen LogP contribution in [0.15, 0.2) is 68.5 Å². The minimum Gasteiger partial charge on any atom is -0.455 e. The van der Waals surface area contributed by atoms with E-state index in [9.17, 15) is 14.9 Å². The summed E-state index contributed by atoms with van der Waals surface area (Å²) in [5.74, 6) is 0.618. The second kappa shape index (κ2) is 9.11. The van der Waals surface area contributed by atoms with E-state index in [4.69, 9.17) is 4.42 Å². The van der Waals surface area contributed by atoms with E-state index in [1.165, 1.54) is 35.4 Å². The van der Waals surface area contributed by atoms with Crippen molar-refractivity contribution in [1.82, 2.24) is 10.4 Å². The predicted molar refractivity (Wildman–Crippen MR) is 122 cm³/mol. The third kappa shape index (κ3) is 4.98. The van der Waals surface area contributed by atoms with Gasteiger partial charge in [-0.3, -0.25) is 14.9 Å². The van der Waals surface area contributed by atoms with Gasteiger partial charge in [-0.15, -0.1) is 11.3 Å². The third-order valence-electron chi connectivity index (χ3n) is 4.22. The monoisotopic (exact) mass is 452 g/mol. The van der Waals surface area contributed by atoms with Crippen molar-refractivity contribution in [2.24, 2.45) is 5.10 Å². The topological polar surface area (TPSA) is 111 Å². The lowest BCUT2D eigenvalue weighted by Gasteiger charge is -2.01. The first-order valence-electron chi connectivity index (χ1n) is 9.15.